The van der Waals surface area contributed by atoms with Crippen LogP contribution in [0.1, 0.15) is 32.3 Å². The third-order valence-electron chi connectivity index (χ3n) is 4.51. The standard InChI is InChI=1S/C16H22BrNO3/c1-16(2,15(20)21)12-4-3-7-18(10-12)9-11-8-13(17)5-6-14(11)19/h5-6,8,12,19H,3-4,7,9-10H2,1-2H3,(H,20,21). The Morgan fingerprint density at radius 2 is 2.19 bits per heavy atom. The van der Waals surface area contributed by atoms with E-state index in [2.05, 4.69) is 20.8 Å². The summed E-state index contributed by atoms with van der Waals surface area (Å²) in [7, 11) is 0. The lowest BCUT2D eigenvalue weighted by molar-refractivity contribution is -0.151. The van der Waals surface area contributed by atoms with Crippen molar-refractivity contribution in [3.63, 3.8) is 0 Å². The van der Waals surface area contributed by atoms with Crippen molar-refractivity contribution in [2.24, 2.45) is 11.3 Å². The highest BCUT2D eigenvalue weighted by atomic mass is 79.9. The molecule has 116 valence electrons. The highest BCUT2D eigenvalue weighted by Gasteiger charge is 2.39. The van der Waals surface area contributed by atoms with Gasteiger partial charge in [-0.05, 0) is 57.4 Å². The van der Waals surface area contributed by atoms with Crippen LogP contribution in [0.5, 0.6) is 5.75 Å². The van der Waals surface area contributed by atoms with Crippen LogP contribution in [0.2, 0.25) is 0 Å². The number of hydrogen-bond donors (Lipinski definition) is 2. The molecule has 0 amide bonds. The number of hydrogen-bond acceptors (Lipinski definition) is 3. The number of likely N-dealkylation sites (tertiary alicyclic amines) is 1. The first-order chi connectivity index (χ1) is 9.80. The van der Waals surface area contributed by atoms with Crippen molar-refractivity contribution in [2.75, 3.05) is 13.1 Å². The molecule has 4 nitrogen and oxygen atoms in total. The summed E-state index contributed by atoms with van der Waals surface area (Å²) >= 11 is 3.42. The zero-order valence-corrected chi connectivity index (χ0v) is 14.1. The first-order valence-corrected chi connectivity index (χ1v) is 8.03. The summed E-state index contributed by atoms with van der Waals surface area (Å²) in [5.74, 6) is -0.310. The van der Waals surface area contributed by atoms with E-state index < -0.39 is 11.4 Å². The van der Waals surface area contributed by atoms with Crippen LogP contribution in [0.25, 0.3) is 0 Å². The van der Waals surface area contributed by atoms with Crippen molar-refractivity contribution in [3.05, 3.63) is 28.2 Å². The van der Waals surface area contributed by atoms with E-state index in [0.717, 1.165) is 36.0 Å². The van der Waals surface area contributed by atoms with Crippen LogP contribution < -0.4 is 0 Å². The zero-order chi connectivity index (χ0) is 15.6. The number of halogens is 1. The van der Waals surface area contributed by atoms with Crippen molar-refractivity contribution in [1.29, 1.82) is 0 Å². The second-order valence-electron chi connectivity index (χ2n) is 6.37. The molecule has 21 heavy (non-hydrogen) atoms. The molecular weight excluding hydrogens is 334 g/mol. The molecule has 1 aliphatic rings. The number of phenols is 1. The summed E-state index contributed by atoms with van der Waals surface area (Å²) in [6, 6.07) is 5.41. The highest BCUT2D eigenvalue weighted by molar-refractivity contribution is 9.10. The van der Waals surface area contributed by atoms with Crippen LogP contribution >= 0.6 is 15.9 Å². The van der Waals surface area contributed by atoms with Crippen LogP contribution in [-0.2, 0) is 11.3 Å². The topological polar surface area (TPSA) is 60.8 Å². The van der Waals surface area contributed by atoms with E-state index in [1.54, 1.807) is 19.9 Å². The maximum absolute atomic E-state index is 11.4. The van der Waals surface area contributed by atoms with E-state index >= 15 is 0 Å². The Hall–Kier alpha value is -1.07. The summed E-state index contributed by atoms with van der Waals surface area (Å²) in [5.41, 5.74) is 0.163. The number of nitrogens with zero attached hydrogens (tertiary/aromatic N) is 1. The van der Waals surface area contributed by atoms with Gasteiger partial charge in [-0.3, -0.25) is 9.69 Å². The third kappa shape index (κ3) is 3.77. The molecule has 1 aliphatic heterocycles. The third-order valence-corrected chi connectivity index (χ3v) is 5.01. The van der Waals surface area contributed by atoms with E-state index in [0.29, 0.717) is 6.54 Å². The Bertz CT molecular complexity index is 530. The lowest BCUT2D eigenvalue weighted by atomic mass is 9.74. The van der Waals surface area contributed by atoms with Gasteiger partial charge in [0.1, 0.15) is 5.75 Å². The van der Waals surface area contributed by atoms with Crippen molar-refractivity contribution in [2.45, 2.75) is 33.2 Å². The van der Waals surface area contributed by atoms with Gasteiger partial charge in [0.15, 0.2) is 0 Å². The van der Waals surface area contributed by atoms with Crippen LogP contribution in [0.15, 0.2) is 22.7 Å². The van der Waals surface area contributed by atoms with Gasteiger partial charge in [-0.1, -0.05) is 15.9 Å². The summed E-state index contributed by atoms with van der Waals surface area (Å²) in [6.07, 6.45) is 1.94. The van der Waals surface area contributed by atoms with Crippen molar-refractivity contribution >= 4 is 21.9 Å². The Balaban J connectivity index is 2.08. The number of benzene rings is 1. The second-order valence-corrected chi connectivity index (χ2v) is 7.29. The van der Waals surface area contributed by atoms with E-state index in [1.807, 2.05) is 12.1 Å². The summed E-state index contributed by atoms with van der Waals surface area (Å²) in [4.78, 5) is 13.7. The molecule has 0 bridgehead atoms. The molecule has 1 atom stereocenters. The SMILES string of the molecule is CC(C)(C(=O)O)C1CCCN(Cc2cc(Br)ccc2O)C1. The largest absolute Gasteiger partial charge is 0.508 e. The number of aromatic hydroxyl groups is 1. The molecular formula is C16H22BrNO3. The Kier molecular flexibility index (Phi) is 4.94. The van der Waals surface area contributed by atoms with Gasteiger partial charge >= 0.3 is 5.97 Å². The molecule has 2 rings (SSSR count). The molecule has 1 heterocycles. The van der Waals surface area contributed by atoms with Crippen molar-refractivity contribution in [3.8, 4) is 5.75 Å². The van der Waals surface area contributed by atoms with Crippen LogP contribution in [0, 0.1) is 11.3 Å². The average molecular weight is 356 g/mol. The van der Waals surface area contributed by atoms with Gasteiger partial charge < -0.3 is 10.2 Å². The van der Waals surface area contributed by atoms with Crippen LogP contribution in [-0.4, -0.2) is 34.2 Å². The molecule has 5 heteroatoms. The van der Waals surface area contributed by atoms with Crippen molar-refractivity contribution < 1.29 is 15.0 Å². The molecule has 1 saturated heterocycles. The number of carboxylic acid groups (broad SMARTS) is 1. The average Bonchev–Trinajstić information content (AvgIpc) is 2.43. The van der Waals surface area contributed by atoms with Crippen molar-refractivity contribution in [1.82, 2.24) is 4.90 Å². The first-order valence-electron chi connectivity index (χ1n) is 7.24. The predicted molar refractivity (Wildman–Crippen MR) is 85.2 cm³/mol. The minimum absolute atomic E-state index is 0.137. The number of carboxylic acids is 1. The molecule has 1 aromatic carbocycles. The molecule has 1 unspecified atom stereocenters. The fraction of sp³-hybridized carbons (Fsp3) is 0.562. The molecule has 0 radical (unpaired) electrons. The fourth-order valence-electron chi connectivity index (χ4n) is 2.88. The van der Waals surface area contributed by atoms with E-state index in [-0.39, 0.29) is 11.7 Å². The van der Waals surface area contributed by atoms with Gasteiger partial charge in [-0.2, -0.15) is 0 Å². The maximum Gasteiger partial charge on any atom is 0.309 e. The Labute approximate surface area is 133 Å². The number of piperidine rings is 1. The Morgan fingerprint density at radius 3 is 2.86 bits per heavy atom. The molecule has 1 aromatic rings. The molecule has 0 saturated carbocycles. The molecule has 1 fully saturated rings. The van der Waals surface area contributed by atoms with Gasteiger partial charge in [0.25, 0.3) is 0 Å². The van der Waals surface area contributed by atoms with E-state index in [4.69, 9.17) is 0 Å². The minimum Gasteiger partial charge on any atom is -0.508 e. The fourth-order valence-corrected chi connectivity index (χ4v) is 3.29. The van der Waals surface area contributed by atoms with Gasteiger partial charge in [-0.15, -0.1) is 0 Å². The minimum atomic E-state index is -0.736. The van der Waals surface area contributed by atoms with E-state index in [1.165, 1.54) is 0 Å². The lowest BCUT2D eigenvalue weighted by Crippen LogP contribution is -2.44. The number of carbonyl (C=O) groups is 1. The quantitative estimate of drug-likeness (QED) is 0.867. The number of phenolic OH excluding ortho intramolecular Hbond substituents is 1. The summed E-state index contributed by atoms with van der Waals surface area (Å²) < 4.78 is 0.940. The van der Waals surface area contributed by atoms with Gasteiger partial charge in [0, 0.05) is 23.1 Å². The molecule has 0 spiro atoms. The first kappa shape index (κ1) is 16.3. The van der Waals surface area contributed by atoms with Gasteiger partial charge in [0.2, 0.25) is 0 Å². The highest BCUT2D eigenvalue weighted by Crippen LogP contribution is 2.35. The maximum atomic E-state index is 11.4. The van der Waals surface area contributed by atoms with Crippen LogP contribution in [0.4, 0.5) is 0 Å². The Morgan fingerprint density at radius 1 is 1.48 bits per heavy atom. The summed E-state index contributed by atoms with van der Waals surface area (Å²) in [6.45, 7) is 5.96. The number of rotatable bonds is 4. The normalized spacial score (nSPS) is 20.4. The second kappa shape index (κ2) is 6.36. The lowest BCUT2D eigenvalue weighted by Gasteiger charge is -2.39. The molecule has 0 aromatic heterocycles. The summed E-state index contributed by atoms with van der Waals surface area (Å²) in [5, 5.41) is 19.3. The smallest absolute Gasteiger partial charge is 0.309 e. The monoisotopic (exact) mass is 355 g/mol. The molecule has 0 aliphatic carbocycles. The van der Waals surface area contributed by atoms with Crippen LogP contribution in [0.3, 0.4) is 0 Å². The predicted octanol–water partition coefficient (Wildman–Crippen LogP) is 3.48. The zero-order valence-electron chi connectivity index (χ0n) is 12.5. The number of aliphatic carboxylic acids is 1. The van der Waals surface area contributed by atoms with Gasteiger partial charge in [0.05, 0.1) is 5.41 Å². The van der Waals surface area contributed by atoms with Gasteiger partial charge in [-0.25, -0.2) is 0 Å². The molecule has 2 N–H and O–H groups in total. The van der Waals surface area contributed by atoms with E-state index in [9.17, 15) is 15.0 Å².